The second-order valence-electron chi connectivity index (χ2n) is 7.39. The largest absolute Gasteiger partial charge is 0.391 e. The third kappa shape index (κ3) is 4.68. The van der Waals surface area contributed by atoms with E-state index in [4.69, 9.17) is 0 Å². The first-order chi connectivity index (χ1) is 10.2. The van der Waals surface area contributed by atoms with Crippen LogP contribution in [-0.2, 0) is 5.54 Å². The summed E-state index contributed by atoms with van der Waals surface area (Å²) in [5, 5.41) is 20.3. The van der Waals surface area contributed by atoms with Crippen LogP contribution in [0.2, 0.25) is 0 Å². The minimum absolute atomic E-state index is 0. The van der Waals surface area contributed by atoms with Gasteiger partial charge in [-0.25, -0.2) is 0 Å². The van der Waals surface area contributed by atoms with Gasteiger partial charge in [0.2, 0.25) is 0 Å². The Morgan fingerprint density at radius 1 is 1.48 bits per heavy atom. The van der Waals surface area contributed by atoms with Crippen LogP contribution in [0.1, 0.15) is 56.7 Å². The molecular weight excluding hydrogens is 316 g/mol. The number of β-amino-alcohol motifs (C(OH)–C–C–N with tert-alkyl or cyclic N) is 1. The molecule has 1 aromatic heterocycles. The molecule has 0 saturated carbocycles. The lowest BCUT2D eigenvalue weighted by atomic mass is 10.1. The summed E-state index contributed by atoms with van der Waals surface area (Å²) in [6, 6.07) is 1.87. The number of aromatic nitrogens is 2. The molecule has 0 aromatic carbocycles. The molecule has 7 heteroatoms. The van der Waals surface area contributed by atoms with Crippen LogP contribution in [0, 0.1) is 5.92 Å². The molecule has 2 rings (SSSR count). The Balaban J connectivity index is 0.00000264. The maximum atomic E-state index is 12.3. The number of carbonyl (C=O) groups is 1. The highest BCUT2D eigenvalue weighted by Gasteiger charge is 2.27. The number of nitrogens with one attached hydrogen (secondary N) is 2. The van der Waals surface area contributed by atoms with Gasteiger partial charge in [0.15, 0.2) is 0 Å². The number of aliphatic hydroxyl groups is 1. The lowest BCUT2D eigenvalue weighted by Gasteiger charge is -2.23. The van der Waals surface area contributed by atoms with Crippen LogP contribution < -0.4 is 10.6 Å². The van der Waals surface area contributed by atoms with Crippen molar-refractivity contribution in [3.05, 3.63) is 17.5 Å². The smallest absolute Gasteiger partial charge is 0.271 e. The quantitative estimate of drug-likeness (QED) is 0.773. The molecule has 1 saturated heterocycles. The van der Waals surface area contributed by atoms with E-state index in [2.05, 4.69) is 50.4 Å². The highest BCUT2D eigenvalue weighted by atomic mass is 35.5. The summed E-state index contributed by atoms with van der Waals surface area (Å²) in [5.74, 6) is 0.191. The van der Waals surface area contributed by atoms with E-state index in [9.17, 15) is 9.90 Å². The van der Waals surface area contributed by atoms with Gasteiger partial charge in [-0.05, 0) is 32.8 Å². The minimum atomic E-state index is -0.390. The molecule has 1 fully saturated rings. The van der Waals surface area contributed by atoms with Gasteiger partial charge in [-0.3, -0.25) is 9.48 Å². The fourth-order valence-corrected chi connectivity index (χ4v) is 2.70. The molecule has 2 unspecified atom stereocenters. The second-order valence-corrected chi connectivity index (χ2v) is 7.39. The summed E-state index contributed by atoms with van der Waals surface area (Å²) >= 11 is 0. The minimum Gasteiger partial charge on any atom is -0.391 e. The second kappa shape index (κ2) is 7.64. The number of nitrogens with zero attached hydrogens (tertiary/aromatic N) is 2. The molecular formula is C16H29ClN4O2. The van der Waals surface area contributed by atoms with Gasteiger partial charge in [-0.15, -0.1) is 12.4 Å². The highest BCUT2D eigenvalue weighted by Crippen LogP contribution is 2.23. The Morgan fingerprint density at radius 3 is 2.57 bits per heavy atom. The van der Waals surface area contributed by atoms with E-state index in [-0.39, 0.29) is 29.8 Å². The van der Waals surface area contributed by atoms with Crippen molar-refractivity contribution in [1.29, 1.82) is 0 Å². The van der Waals surface area contributed by atoms with E-state index in [0.717, 1.165) is 12.2 Å². The monoisotopic (exact) mass is 344 g/mol. The molecule has 132 valence electrons. The molecule has 1 aliphatic rings. The lowest BCUT2D eigenvalue weighted by molar-refractivity contribution is 0.0920. The van der Waals surface area contributed by atoms with Crippen LogP contribution in [-0.4, -0.2) is 46.5 Å². The zero-order chi connectivity index (χ0) is 16.5. The first-order valence-electron chi connectivity index (χ1n) is 7.97. The zero-order valence-electron chi connectivity index (χ0n) is 14.6. The average Bonchev–Trinajstić information content (AvgIpc) is 3.01. The summed E-state index contributed by atoms with van der Waals surface area (Å²) < 4.78 is 1.93. The SMILES string of the molecule is CC(C)c1cc(C(=O)NCC2CNCC2O)nn1C(C)(C)C.Cl. The van der Waals surface area contributed by atoms with Crippen molar-refractivity contribution in [1.82, 2.24) is 20.4 Å². The van der Waals surface area contributed by atoms with Gasteiger partial charge < -0.3 is 15.7 Å². The third-order valence-corrected chi connectivity index (χ3v) is 4.03. The van der Waals surface area contributed by atoms with Gasteiger partial charge in [-0.2, -0.15) is 5.10 Å². The predicted octanol–water partition coefficient (Wildman–Crippen LogP) is 1.49. The predicted molar refractivity (Wildman–Crippen MR) is 93.3 cm³/mol. The summed E-state index contributed by atoms with van der Waals surface area (Å²) in [7, 11) is 0. The molecule has 2 heterocycles. The Hall–Kier alpha value is -1.11. The summed E-state index contributed by atoms with van der Waals surface area (Å²) in [4.78, 5) is 12.3. The fourth-order valence-electron chi connectivity index (χ4n) is 2.70. The van der Waals surface area contributed by atoms with Crippen LogP contribution in [0.5, 0.6) is 0 Å². The van der Waals surface area contributed by atoms with Crippen molar-refractivity contribution in [3.63, 3.8) is 0 Å². The molecule has 0 bridgehead atoms. The van der Waals surface area contributed by atoms with Gasteiger partial charge in [0, 0.05) is 31.2 Å². The Kier molecular flexibility index (Phi) is 6.62. The Bertz CT molecular complexity index is 537. The van der Waals surface area contributed by atoms with E-state index in [1.54, 1.807) is 0 Å². The molecule has 1 aromatic rings. The van der Waals surface area contributed by atoms with Crippen molar-refractivity contribution in [2.24, 2.45) is 5.92 Å². The molecule has 1 amide bonds. The summed E-state index contributed by atoms with van der Waals surface area (Å²) in [5.41, 5.74) is 1.34. The molecule has 0 spiro atoms. The number of amides is 1. The number of hydrogen-bond acceptors (Lipinski definition) is 4. The lowest BCUT2D eigenvalue weighted by Crippen LogP contribution is -2.34. The van der Waals surface area contributed by atoms with Crippen molar-refractivity contribution >= 4 is 18.3 Å². The Morgan fingerprint density at radius 2 is 2.13 bits per heavy atom. The number of rotatable bonds is 4. The first-order valence-corrected chi connectivity index (χ1v) is 7.97. The highest BCUT2D eigenvalue weighted by molar-refractivity contribution is 5.92. The van der Waals surface area contributed by atoms with Gasteiger partial charge >= 0.3 is 0 Å². The number of carbonyl (C=O) groups excluding carboxylic acids is 1. The van der Waals surface area contributed by atoms with E-state index in [1.807, 2.05) is 10.7 Å². The molecule has 6 nitrogen and oxygen atoms in total. The number of halogens is 1. The average molecular weight is 345 g/mol. The fraction of sp³-hybridized carbons (Fsp3) is 0.750. The van der Waals surface area contributed by atoms with Crippen molar-refractivity contribution in [2.75, 3.05) is 19.6 Å². The molecule has 23 heavy (non-hydrogen) atoms. The normalized spacial score (nSPS) is 21.3. The van der Waals surface area contributed by atoms with Crippen LogP contribution >= 0.6 is 12.4 Å². The molecule has 3 N–H and O–H groups in total. The first kappa shape index (κ1) is 19.9. The van der Waals surface area contributed by atoms with Crippen LogP contribution in [0.25, 0.3) is 0 Å². The van der Waals surface area contributed by atoms with E-state index >= 15 is 0 Å². The summed E-state index contributed by atoms with van der Waals surface area (Å²) in [6.07, 6.45) is -0.390. The zero-order valence-corrected chi connectivity index (χ0v) is 15.4. The summed E-state index contributed by atoms with van der Waals surface area (Å²) in [6.45, 7) is 12.2. The maximum absolute atomic E-state index is 12.3. The van der Waals surface area contributed by atoms with Crippen LogP contribution in [0.4, 0.5) is 0 Å². The molecule has 2 atom stereocenters. The molecule has 0 radical (unpaired) electrons. The van der Waals surface area contributed by atoms with E-state index < -0.39 is 6.10 Å². The van der Waals surface area contributed by atoms with Gasteiger partial charge in [0.25, 0.3) is 5.91 Å². The van der Waals surface area contributed by atoms with Crippen molar-refractivity contribution in [2.45, 2.75) is 52.2 Å². The maximum Gasteiger partial charge on any atom is 0.271 e. The standard InChI is InChI=1S/C16H28N4O2.ClH/c1-10(2)13-6-12(19-20(13)16(3,4)5)15(22)18-8-11-7-17-9-14(11)21;/h6,10-11,14,17,21H,7-9H2,1-5H3,(H,18,22);1H. The molecule has 1 aliphatic heterocycles. The number of aliphatic hydroxyl groups excluding tert-OH is 1. The van der Waals surface area contributed by atoms with Gasteiger partial charge in [-0.1, -0.05) is 13.8 Å². The van der Waals surface area contributed by atoms with Crippen LogP contribution in [0.15, 0.2) is 6.07 Å². The topological polar surface area (TPSA) is 79.2 Å². The molecule has 0 aliphatic carbocycles. The van der Waals surface area contributed by atoms with Gasteiger partial charge in [0.1, 0.15) is 5.69 Å². The van der Waals surface area contributed by atoms with E-state index in [0.29, 0.717) is 24.7 Å². The van der Waals surface area contributed by atoms with E-state index in [1.165, 1.54) is 0 Å². The number of hydrogen-bond donors (Lipinski definition) is 3. The van der Waals surface area contributed by atoms with Crippen LogP contribution in [0.3, 0.4) is 0 Å². The van der Waals surface area contributed by atoms with Crippen molar-refractivity contribution < 1.29 is 9.90 Å². The third-order valence-electron chi connectivity index (χ3n) is 4.03. The van der Waals surface area contributed by atoms with Gasteiger partial charge in [0.05, 0.1) is 11.6 Å². The van der Waals surface area contributed by atoms with Crippen molar-refractivity contribution in [3.8, 4) is 0 Å². The Labute approximate surface area is 144 Å².